The molecule has 4 rings (SSSR count). The molecular formula is C18H20N4O2S. The molecule has 7 heteroatoms. The number of anilines is 1. The van der Waals surface area contributed by atoms with Crippen LogP contribution in [0.25, 0.3) is 0 Å². The SMILES string of the molecule is Cn1nc2c(c1NC(=O)[C@H]1CC(=O)N(Cc3ccccc3)C1)CSC2. The van der Waals surface area contributed by atoms with Crippen LogP contribution in [0, 0.1) is 5.92 Å². The maximum absolute atomic E-state index is 12.7. The van der Waals surface area contributed by atoms with Crippen molar-refractivity contribution in [3.05, 3.63) is 47.2 Å². The molecule has 25 heavy (non-hydrogen) atoms. The van der Waals surface area contributed by atoms with Gasteiger partial charge < -0.3 is 10.2 Å². The van der Waals surface area contributed by atoms with Crippen LogP contribution in [0.1, 0.15) is 23.2 Å². The van der Waals surface area contributed by atoms with Crippen LogP contribution in [0.15, 0.2) is 30.3 Å². The average molecular weight is 356 g/mol. The van der Waals surface area contributed by atoms with Crippen molar-refractivity contribution in [3.63, 3.8) is 0 Å². The molecule has 1 atom stereocenters. The summed E-state index contributed by atoms with van der Waals surface area (Å²) in [5.74, 6) is 2.19. The number of benzene rings is 1. The first-order valence-electron chi connectivity index (χ1n) is 8.37. The minimum atomic E-state index is -0.309. The smallest absolute Gasteiger partial charge is 0.230 e. The fourth-order valence-electron chi connectivity index (χ4n) is 3.42. The van der Waals surface area contributed by atoms with Gasteiger partial charge in [-0.3, -0.25) is 14.3 Å². The highest BCUT2D eigenvalue weighted by atomic mass is 32.2. The van der Waals surface area contributed by atoms with Gasteiger partial charge in [-0.2, -0.15) is 16.9 Å². The van der Waals surface area contributed by atoms with Gasteiger partial charge in [0.2, 0.25) is 11.8 Å². The van der Waals surface area contributed by atoms with Crippen molar-refractivity contribution in [2.24, 2.45) is 13.0 Å². The Balaban J connectivity index is 1.43. The molecule has 0 aliphatic carbocycles. The third-order valence-corrected chi connectivity index (χ3v) is 5.73. The second kappa shape index (κ2) is 6.55. The second-order valence-corrected chi connectivity index (χ2v) is 7.53. The van der Waals surface area contributed by atoms with Crippen molar-refractivity contribution in [2.45, 2.75) is 24.5 Å². The van der Waals surface area contributed by atoms with Gasteiger partial charge in [-0.25, -0.2) is 0 Å². The zero-order chi connectivity index (χ0) is 17.4. The van der Waals surface area contributed by atoms with Gasteiger partial charge in [0.25, 0.3) is 0 Å². The number of nitrogens with one attached hydrogen (secondary N) is 1. The lowest BCUT2D eigenvalue weighted by atomic mass is 10.1. The van der Waals surface area contributed by atoms with Crippen molar-refractivity contribution in [1.29, 1.82) is 0 Å². The number of rotatable bonds is 4. The number of thioether (sulfide) groups is 1. The number of aromatic nitrogens is 2. The molecule has 1 aromatic carbocycles. The summed E-state index contributed by atoms with van der Waals surface area (Å²) in [7, 11) is 1.85. The second-order valence-electron chi connectivity index (χ2n) is 6.54. The van der Waals surface area contributed by atoms with Crippen LogP contribution < -0.4 is 5.32 Å². The number of nitrogens with zero attached hydrogens (tertiary/aromatic N) is 3. The average Bonchev–Trinajstić information content (AvgIpc) is 3.27. The summed E-state index contributed by atoms with van der Waals surface area (Å²) in [5, 5.41) is 7.47. The van der Waals surface area contributed by atoms with Gasteiger partial charge in [0.15, 0.2) is 0 Å². The van der Waals surface area contributed by atoms with Gasteiger partial charge in [-0.05, 0) is 5.56 Å². The van der Waals surface area contributed by atoms with Crippen LogP contribution in [0.3, 0.4) is 0 Å². The summed E-state index contributed by atoms with van der Waals surface area (Å²) < 4.78 is 1.74. The molecule has 0 saturated carbocycles. The molecule has 6 nitrogen and oxygen atoms in total. The zero-order valence-corrected chi connectivity index (χ0v) is 14.9. The normalized spacial score (nSPS) is 19.3. The van der Waals surface area contributed by atoms with E-state index in [1.165, 1.54) is 0 Å². The monoisotopic (exact) mass is 356 g/mol. The summed E-state index contributed by atoms with van der Waals surface area (Å²) in [6.07, 6.45) is 0.271. The number of amides is 2. The van der Waals surface area contributed by atoms with Crippen molar-refractivity contribution in [3.8, 4) is 0 Å². The number of likely N-dealkylation sites (tertiary alicyclic amines) is 1. The molecule has 3 heterocycles. The van der Waals surface area contributed by atoms with E-state index in [2.05, 4.69) is 10.4 Å². The van der Waals surface area contributed by atoms with E-state index in [4.69, 9.17) is 0 Å². The molecule has 0 spiro atoms. The highest BCUT2D eigenvalue weighted by molar-refractivity contribution is 7.98. The van der Waals surface area contributed by atoms with E-state index in [1.807, 2.05) is 37.4 Å². The van der Waals surface area contributed by atoms with Crippen LogP contribution in [-0.4, -0.2) is 33.0 Å². The Morgan fingerprint density at radius 2 is 2.12 bits per heavy atom. The number of hydrogen-bond acceptors (Lipinski definition) is 4. The topological polar surface area (TPSA) is 67.2 Å². The predicted octanol–water partition coefficient (Wildman–Crippen LogP) is 2.15. The predicted molar refractivity (Wildman–Crippen MR) is 96.8 cm³/mol. The first-order valence-corrected chi connectivity index (χ1v) is 9.52. The molecular weight excluding hydrogens is 336 g/mol. The zero-order valence-electron chi connectivity index (χ0n) is 14.1. The van der Waals surface area contributed by atoms with Gasteiger partial charge in [0, 0.05) is 43.6 Å². The largest absolute Gasteiger partial charge is 0.338 e. The maximum atomic E-state index is 12.7. The summed E-state index contributed by atoms with van der Waals surface area (Å²) >= 11 is 1.80. The number of hydrogen-bond donors (Lipinski definition) is 1. The molecule has 0 radical (unpaired) electrons. The van der Waals surface area contributed by atoms with Crippen LogP contribution in [0.5, 0.6) is 0 Å². The van der Waals surface area contributed by atoms with Crippen LogP contribution in [-0.2, 0) is 34.7 Å². The molecule has 2 aromatic rings. The number of carbonyl (C=O) groups is 2. The van der Waals surface area contributed by atoms with E-state index in [0.29, 0.717) is 13.1 Å². The van der Waals surface area contributed by atoms with E-state index in [0.717, 1.165) is 34.1 Å². The Labute approximate surface area is 150 Å². The van der Waals surface area contributed by atoms with Crippen molar-refractivity contribution < 1.29 is 9.59 Å². The molecule has 1 saturated heterocycles. The van der Waals surface area contributed by atoms with Crippen molar-refractivity contribution >= 4 is 29.4 Å². The molecule has 0 unspecified atom stereocenters. The molecule has 1 N–H and O–H groups in total. The Kier molecular flexibility index (Phi) is 4.25. The van der Waals surface area contributed by atoms with Gasteiger partial charge in [-0.15, -0.1) is 0 Å². The summed E-state index contributed by atoms with van der Waals surface area (Å²) in [5.41, 5.74) is 3.25. The maximum Gasteiger partial charge on any atom is 0.230 e. The lowest BCUT2D eigenvalue weighted by molar-refractivity contribution is -0.128. The van der Waals surface area contributed by atoms with E-state index < -0.39 is 0 Å². The van der Waals surface area contributed by atoms with Gasteiger partial charge >= 0.3 is 0 Å². The highest BCUT2D eigenvalue weighted by Crippen LogP contribution is 2.34. The van der Waals surface area contributed by atoms with E-state index in [1.54, 1.807) is 21.3 Å². The van der Waals surface area contributed by atoms with Crippen LogP contribution in [0.2, 0.25) is 0 Å². The number of aryl methyl sites for hydroxylation is 1. The lowest BCUT2D eigenvalue weighted by Gasteiger charge is -2.17. The minimum Gasteiger partial charge on any atom is -0.338 e. The summed E-state index contributed by atoms with van der Waals surface area (Å²) in [6.45, 7) is 1.02. The first-order chi connectivity index (χ1) is 12.1. The first kappa shape index (κ1) is 16.2. The third-order valence-electron chi connectivity index (χ3n) is 4.76. The molecule has 1 fully saturated rings. The molecule has 2 amide bonds. The summed E-state index contributed by atoms with van der Waals surface area (Å²) in [6, 6.07) is 9.87. The number of fused-ring (bicyclic) bond motifs is 1. The Morgan fingerprint density at radius 3 is 2.92 bits per heavy atom. The van der Waals surface area contributed by atoms with Crippen LogP contribution in [0.4, 0.5) is 5.82 Å². The fourth-order valence-corrected chi connectivity index (χ4v) is 4.46. The molecule has 0 bridgehead atoms. The van der Waals surface area contributed by atoms with E-state index in [-0.39, 0.29) is 24.2 Å². The Morgan fingerprint density at radius 1 is 1.32 bits per heavy atom. The van der Waals surface area contributed by atoms with Gasteiger partial charge in [0.05, 0.1) is 11.6 Å². The van der Waals surface area contributed by atoms with Crippen molar-refractivity contribution in [2.75, 3.05) is 11.9 Å². The molecule has 2 aliphatic heterocycles. The quantitative estimate of drug-likeness (QED) is 0.912. The summed E-state index contributed by atoms with van der Waals surface area (Å²) in [4.78, 5) is 26.7. The highest BCUT2D eigenvalue weighted by Gasteiger charge is 2.35. The van der Waals surface area contributed by atoms with Crippen LogP contribution >= 0.6 is 11.8 Å². The molecule has 130 valence electrons. The van der Waals surface area contributed by atoms with Crippen molar-refractivity contribution in [1.82, 2.24) is 14.7 Å². The standard InChI is InChI=1S/C18H20N4O2S/c1-21-17(14-10-25-11-15(14)20-21)19-18(24)13-7-16(23)22(9-13)8-12-5-3-2-4-6-12/h2-6,13H,7-11H2,1H3,(H,19,24)/t13-/m0/s1. The third kappa shape index (κ3) is 3.16. The Bertz CT molecular complexity index is 818. The fraction of sp³-hybridized carbons (Fsp3) is 0.389. The van der Waals surface area contributed by atoms with Gasteiger partial charge in [-0.1, -0.05) is 30.3 Å². The van der Waals surface area contributed by atoms with E-state index >= 15 is 0 Å². The number of carbonyl (C=O) groups excluding carboxylic acids is 2. The van der Waals surface area contributed by atoms with Gasteiger partial charge in [0.1, 0.15) is 5.82 Å². The lowest BCUT2D eigenvalue weighted by Crippen LogP contribution is -2.28. The minimum absolute atomic E-state index is 0.0368. The van der Waals surface area contributed by atoms with E-state index in [9.17, 15) is 9.59 Å². The molecule has 1 aromatic heterocycles. The molecule has 2 aliphatic rings. The Hall–Kier alpha value is -2.28.